The van der Waals surface area contributed by atoms with Crippen molar-refractivity contribution in [3.8, 4) is 0 Å². The van der Waals surface area contributed by atoms with Gasteiger partial charge in [0, 0.05) is 17.7 Å². The number of hydrogen-bond acceptors (Lipinski definition) is 5. The zero-order valence-corrected chi connectivity index (χ0v) is 10.9. The van der Waals surface area contributed by atoms with Crippen LogP contribution in [0.25, 0.3) is 0 Å². The minimum atomic E-state index is -0.608. The first-order valence-corrected chi connectivity index (χ1v) is 6.05. The average Bonchev–Trinajstić information content (AvgIpc) is 2.53. The fourth-order valence-corrected chi connectivity index (χ4v) is 1.77. The summed E-state index contributed by atoms with van der Waals surface area (Å²) in [5, 5.41) is 14.0. The SMILES string of the molecule is O=NN(Cc1ccccc1)C(=O)c1ccc([N+](=O)[O-])cc1. The second kappa shape index (κ2) is 6.38. The molecule has 2 aromatic rings. The number of carbonyl (C=O) groups is 1. The van der Waals surface area contributed by atoms with Gasteiger partial charge in [-0.1, -0.05) is 30.3 Å². The van der Waals surface area contributed by atoms with E-state index in [4.69, 9.17) is 0 Å². The molecule has 0 aliphatic carbocycles. The van der Waals surface area contributed by atoms with Gasteiger partial charge in [-0.15, -0.1) is 4.91 Å². The lowest BCUT2D eigenvalue weighted by Crippen LogP contribution is -2.24. The van der Waals surface area contributed by atoms with Crippen molar-refractivity contribution in [2.45, 2.75) is 6.54 Å². The summed E-state index contributed by atoms with van der Waals surface area (Å²) in [6.45, 7) is 0.0418. The van der Waals surface area contributed by atoms with Crippen molar-refractivity contribution >= 4 is 11.6 Å². The van der Waals surface area contributed by atoms with Crippen molar-refractivity contribution in [2.75, 3.05) is 0 Å². The summed E-state index contributed by atoms with van der Waals surface area (Å²) in [5.41, 5.74) is 0.795. The maximum Gasteiger partial charge on any atom is 0.276 e. The summed E-state index contributed by atoms with van der Waals surface area (Å²) in [5.74, 6) is -0.608. The molecule has 1 amide bonds. The lowest BCUT2D eigenvalue weighted by atomic mass is 10.1. The van der Waals surface area contributed by atoms with E-state index >= 15 is 0 Å². The summed E-state index contributed by atoms with van der Waals surface area (Å²) in [6, 6.07) is 13.9. The minimum Gasteiger partial charge on any atom is -0.267 e. The standard InChI is InChI=1S/C14H11N3O4/c18-14(12-6-8-13(9-7-12)17(20)21)16(15-19)10-11-4-2-1-3-5-11/h1-9H,10H2. The molecule has 0 atom stereocenters. The molecule has 0 saturated heterocycles. The van der Waals surface area contributed by atoms with Gasteiger partial charge >= 0.3 is 0 Å². The van der Waals surface area contributed by atoms with Crippen molar-refractivity contribution in [1.29, 1.82) is 0 Å². The molecule has 0 saturated carbocycles. The predicted molar refractivity (Wildman–Crippen MR) is 75.2 cm³/mol. The quantitative estimate of drug-likeness (QED) is 0.479. The summed E-state index contributed by atoms with van der Waals surface area (Å²) < 4.78 is 0. The van der Waals surface area contributed by atoms with Crippen molar-refractivity contribution in [3.63, 3.8) is 0 Å². The molecule has 21 heavy (non-hydrogen) atoms. The van der Waals surface area contributed by atoms with Gasteiger partial charge < -0.3 is 0 Å². The molecule has 0 aliphatic rings. The fourth-order valence-electron chi connectivity index (χ4n) is 1.77. The first kappa shape index (κ1) is 14.3. The van der Waals surface area contributed by atoms with Gasteiger partial charge in [-0.25, -0.2) is 0 Å². The van der Waals surface area contributed by atoms with Crippen LogP contribution in [0.1, 0.15) is 15.9 Å². The second-order valence-electron chi connectivity index (χ2n) is 4.23. The third-order valence-electron chi connectivity index (χ3n) is 2.83. The summed E-state index contributed by atoms with van der Waals surface area (Å²) in [7, 11) is 0. The van der Waals surface area contributed by atoms with Crippen molar-refractivity contribution in [1.82, 2.24) is 5.01 Å². The van der Waals surface area contributed by atoms with Gasteiger partial charge in [0.05, 0.1) is 16.8 Å². The molecule has 0 fully saturated rings. The van der Waals surface area contributed by atoms with E-state index in [-0.39, 0.29) is 17.8 Å². The Hall–Kier alpha value is -3.09. The molecular formula is C14H11N3O4. The van der Waals surface area contributed by atoms with E-state index in [0.717, 1.165) is 10.6 Å². The molecule has 2 aromatic carbocycles. The van der Waals surface area contributed by atoms with Crippen LogP contribution < -0.4 is 0 Å². The lowest BCUT2D eigenvalue weighted by molar-refractivity contribution is -0.384. The maximum atomic E-state index is 12.1. The van der Waals surface area contributed by atoms with Gasteiger partial charge in [0.2, 0.25) is 0 Å². The third-order valence-corrected chi connectivity index (χ3v) is 2.83. The molecular weight excluding hydrogens is 274 g/mol. The predicted octanol–water partition coefficient (Wildman–Crippen LogP) is 2.92. The zero-order valence-electron chi connectivity index (χ0n) is 10.9. The van der Waals surface area contributed by atoms with Crippen LogP contribution in [0.15, 0.2) is 59.9 Å². The lowest BCUT2D eigenvalue weighted by Gasteiger charge is -2.13. The minimum absolute atomic E-state index is 0.0418. The smallest absolute Gasteiger partial charge is 0.267 e. The Bertz CT molecular complexity index is 656. The topological polar surface area (TPSA) is 92.9 Å². The highest BCUT2D eigenvalue weighted by atomic mass is 16.6. The van der Waals surface area contributed by atoms with Crippen molar-refractivity contribution in [2.24, 2.45) is 5.29 Å². The van der Waals surface area contributed by atoms with E-state index in [1.54, 1.807) is 24.3 Å². The molecule has 0 aliphatic heterocycles. The van der Waals surface area contributed by atoms with E-state index in [1.165, 1.54) is 24.3 Å². The zero-order chi connectivity index (χ0) is 15.2. The second-order valence-corrected chi connectivity index (χ2v) is 4.23. The number of hydrogen-bond donors (Lipinski definition) is 0. The van der Waals surface area contributed by atoms with Crippen LogP contribution >= 0.6 is 0 Å². The van der Waals surface area contributed by atoms with E-state index in [9.17, 15) is 19.8 Å². The highest BCUT2D eigenvalue weighted by Gasteiger charge is 2.18. The van der Waals surface area contributed by atoms with E-state index in [2.05, 4.69) is 5.29 Å². The van der Waals surface area contributed by atoms with Gasteiger partial charge in [-0.3, -0.25) is 14.9 Å². The maximum absolute atomic E-state index is 12.1. The van der Waals surface area contributed by atoms with Crippen LogP contribution in [-0.2, 0) is 6.54 Å². The molecule has 0 N–H and O–H groups in total. The van der Waals surface area contributed by atoms with Crippen LogP contribution in [0.2, 0.25) is 0 Å². The molecule has 0 aromatic heterocycles. The van der Waals surface area contributed by atoms with Gasteiger partial charge in [0.15, 0.2) is 0 Å². The van der Waals surface area contributed by atoms with Gasteiger partial charge in [-0.05, 0) is 17.7 Å². The molecule has 0 radical (unpaired) electrons. The third kappa shape index (κ3) is 3.47. The van der Waals surface area contributed by atoms with Gasteiger partial charge in [-0.2, -0.15) is 5.01 Å². The molecule has 2 rings (SSSR count). The number of benzene rings is 2. The largest absolute Gasteiger partial charge is 0.276 e. The molecule has 7 heteroatoms. The Balaban J connectivity index is 2.16. The van der Waals surface area contributed by atoms with Gasteiger partial charge in [0.25, 0.3) is 11.6 Å². The Morgan fingerprint density at radius 2 is 1.71 bits per heavy atom. The Labute approximate surface area is 119 Å². The number of non-ortho nitro benzene ring substituents is 1. The Morgan fingerprint density at radius 3 is 2.24 bits per heavy atom. The molecule has 0 bridgehead atoms. The number of nitrogens with zero attached hydrogens (tertiary/aromatic N) is 3. The first-order valence-electron chi connectivity index (χ1n) is 6.05. The number of rotatable bonds is 5. The summed E-state index contributed by atoms with van der Waals surface area (Å²) in [4.78, 5) is 33.0. The number of nitro benzene ring substituents is 1. The van der Waals surface area contributed by atoms with Crippen molar-refractivity contribution < 1.29 is 9.72 Å². The first-order chi connectivity index (χ1) is 10.1. The molecule has 0 spiro atoms. The highest BCUT2D eigenvalue weighted by molar-refractivity contribution is 5.94. The Morgan fingerprint density at radius 1 is 1.10 bits per heavy atom. The average molecular weight is 285 g/mol. The fraction of sp³-hybridized carbons (Fsp3) is 0.0714. The van der Waals surface area contributed by atoms with E-state index in [1.807, 2.05) is 6.07 Å². The summed E-state index contributed by atoms with van der Waals surface area (Å²) in [6.07, 6.45) is 0. The molecule has 0 heterocycles. The van der Waals surface area contributed by atoms with Crippen LogP contribution in [0.5, 0.6) is 0 Å². The van der Waals surface area contributed by atoms with Gasteiger partial charge in [0.1, 0.15) is 0 Å². The van der Waals surface area contributed by atoms with Crippen LogP contribution in [0.4, 0.5) is 5.69 Å². The number of nitro groups is 1. The summed E-state index contributed by atoms with van der Waals surface area (Å²) >= 11 is 0. The highest BCUT2D eigenvalue weighted by Crippen LogP contribution is 2.15. The molecule has 7 nitrogen and oxygen atoms in total. The normalized spacial score (nSPS) is 9.90. The molecule has 106 valence electrons. The van der Waals surface area contributed by atoms with Crippen LogP contribution in [0.3, 0.4) is 0 Å². The van der Waals surface area contributed by atoms with Crippen molar-refractivity contribution in [3.05, 3.63) is 80.7 Å². The van der Waals surface area contributed by atoms with Crippen LogP contribution in [-0.4, -0.2) is 15.8 Å². The van der Waals surface area contributed by atoms with E-state index in [0.29, 0.717) is 0 Å². The number of amides is 1. The monoisotopic (exact) mass is 285 g/mol. The number of nitroso groups, excluding NO2 is 1. The van der Waals surface area contributed by atoms with E-state index < -0.39 is 10.8 Å². The Kier molecular flexibility index (Phi) is 4.35. The van der Waals surface area contributed by atoms with Crippen LogP contribution in [0, 0.1) is 15.0 Å². The molecule has 0 unspecified atom stereocenters. The number of carbonyl (C=O) groups excluding carboxylic acids is 1.